The minimum atomic E-state index is -2.06. The van der Waals surface area contributed by atoms with Gasteiger partial charge in [0.15, 0.2) is 0 Å². The molecule has 0 aliphatic rings. The van der Waals surface area contributed by atoms with Crippen LogP contribution in [-0.4, -0.2) is 15.8 Å². The zero-order valence-corrected chi connectivity index (χ0v) is 9.10. The standard InChI is InChI=1S/C5H5Cl2NO2S2/c1-8(12(9)10)3-2-4(6)11-5(3)7/h2H,1H3,(H,9,10). The summed E-state index contributed by atoms with van der Waals surface area (Å²) in [6.07, 6.45) is 0. The van der Waals surface area contributed by atoms with Crippen molar-refractivity contribution in [2.24, 2.45) is 0 Å². The van der Waals surface area contributed by atoms with Crippen molar-refractivity contribution in [3.05, 3.63) is 14.7 Å². The van der Waals surface area contributed by atoms with Gasteiger partial charge in [0.05, 0.1) is 10.0 Å². The van der Waals surface area contributed by atoms with E-state index in [1.54, 1.807) is 6.07 Å². The number of halogens is 2. The first kappa shape index (κ1) is 10.3. The van der Waals surface area contributed by atoms with E-state index >= 15 is 0 Å². The highest BCUT2D eigenvalue weighted by Gasteiger charge is 2.13. The van der Waals surface area contributed by atoms with Crippen molar-refractivity contribution in [3.63, 3.8) is 0 Å². The first-order chi connectivity index (χ1) is 5.52. The lowest BCUT2D eigenvalue weighted by molar-refractivity contribution is 0.562. The van der Waals surface area contributed by atoms with Gasteiger partial charge in [0, 0.05) is 7.05 Å². The van der Waals surface area contributed by atoms with E-state index in [9.17, 15) is 4.21 Å². The maximum absolute atomic E-state index is 10.6. The molecule has 0 saturated carbocycles. The van der Waals surface area contributed by atoms with Crippen LogP contribution in [-0.2, 0) is 11.3 Å². The molecule has 1 unspecified atom stereocenters. The maximum Gasteiger partial charge on any atom is 0.261 e. The minimum absolute atomic E-state index is 0.407. The molecule has 3 nitrogen and oxygen atoms in total. The molecule has 1 N–H and O–H groups in total. The topological polar surface area (TPSA) is 40.5 Å². The number of nitrogens with zero attached hydrogens (tertiary/aromatic N) is 1. The summed E-state index contributed by atoms with van der Waals surface area (Å²) in [5.41, 5.74) is 0.465. The van der Waals surface area contributed by atoms with Gasteiger partial charge < -0.3 is 0 Å². The summed E-state index contributed by atoms with van der Waals surface area (Å²) >= 11 is 10.5. The van der Waals surface area contributed by atoms with Gasteiger partial charge in [-0.3, -0.25) is 8.86 Å². The lowest BCUT2D eigenvalue weighted by atomic mass is 10.5. The maximum atomic E-state index is 10.6. The first-order valence-corrected chi connectivity index (χ1v) is 5.45. The molecule has 0 aliphatic heterocycles. The van der Waals surface area contributed by atoms with Gasteiger partial charge in [-0.15, -0.1) is 11.3 Å². The minimum Gasteiger partial charge on any atom is -0.289 e. The zero-order valence-electron chi connectivity index (χ0n) is 5.95. The quantitative estimate of drug-likeness (QED) is 0.815. The molecule has 0 spiro atoms. The summed E-state index contributed by atoms with van der Waals surface area (Å²) in [5.74, 6) is 0. The van der Waals surface area contributed by atoms with Gasteiger partial charge in [0.25, 0.3) is 11.3 Å². The third kappa shape index (κ3) is 2.11. The third-order valence-electron chi connectivity index (χ3n) is 1.21. The van der Waals surface area contributed by atoms with Crippen LogP contribution in [0, 0.1) is 0 Å². The molecule has 1 rings (SSSR count). The number of hydrogen-bond donors (Lipinski definition) is 1. The molecule has 7 heteroatoms. The molecule has 1 aromatic rings. The van der Waals surface area contributed by atoms with E-state index in [1.165, 1.54) is 7.05 Å². The van der Waals surface area contributed by atoms with Crippen molar-refractivity contribution in [1.29, 1.82) is 0 Å². The van der Waals surface area contributed by atoms with Gasteiger partial charge >= 0.3 is 0 Å². The van der Waals surface area contributed by atoms with Crippen molar-refractivity contribution in [1.82, 2.24) is 0 Å². The van der Waals surface area contributed by atoms with Crippen LogP contribution >= 0.6 is 34.5 Å². The molecular weight excluding hydrogens is 241 g/mol. The van der Waals surface area contributed by atoms with Gasteiger partial charge in [-0.05, 0) is 6.07 Å². The molecule has 1 heterocycles. The second-order valence-corrected chi connectivity index (χ2v) is 5.23. The van der Waals surface area contributed by atoms with Gasteiger partial charge in [0.1, 0.15) is 4.34 Å². The smallest absolute Gasteiger partial charge is 0.261 e. The summed E-state index contributed by atoms with van der Waals surface area (Å²) < 4.78 is 21.3. The highest BCUT2D eigenvalue weighted by molar-refractivity contribution is 7.80. The largest absolute Gasteiger partial charge is 0.289 e. The molecule has 68 valence electrons. The third-order valence-corrected chi connectivity index (χ3v) is 3.34. The fourth-order valence-corrected chi connectivity index (χ4v) is 2.58. The Balaban J connectivity index is 3.02. The molecule has 12 heavy (non-hydrogen) atoms. The monoisotopic (exact) mass is 245 g/mol. The van der Waals surface area contributed by atoms with E-state index in [-0.39, 0.29) is 0 Å². The Morgan fingerprint density at radius 2 is 2.25 bits per heavy atom. The van der Waals surface area contributed by atoms with Crippen LogP contribution in [0.5, 0.6) is 0 Å². The fraction of sp³-hybridized carbons (Fsp3) is 0.200. The van der Waals surface area contributed by atoms with Crippen LogP contribution < -0.4 is 4.31 Å². The van der Waals surface area contributed by atoms with E-state index in [2.05, 4.69) is 0 Å². The molecule has 0 aromatic carbocycles. The van der Waals surface area contributed by atoms with Crippen LogP contribution in [0.1, 0.15) is 0 Å². The van der Waals surface area contributed by atoms with E-state index in [0.717, 1.165) is 15.6 Å². The lowest BCUT2D eigenvalue weighted by Crippen LogP contribution is -2.18. The van der Waals surface area contributed by atoms with Crippen LogP contribution in [0.15, 0.2) is 6.07 Å². The van der Waals surface area contributed by atoms with Crippen molar-refractivity contribution in [2.75, 3.05) is 11.4 Å². The number of hydrogen-bond acceptors (Lipinski definition) is 2. The molecule has 0 bridgehead atoms. The first-order valence-electron chi connectivity index (χ1n) is 2.82. The van der Waals surface area contributed by atoms with E-state index < -0.39 is 11.3 Å². The highest BCUT2D eigenvalue weighted by atomic mass is 35.5. The molecule has 1 aromatic heterocycles. The Labute approximate surface area is 86.3 Å². The van der Waals surface area contributed by atoms with Crippen LogP contribution in [0.25, 0.3) is 0 Å². The second kappa shape index (κ2) is 3.93. The molecular formula is C5H5Cl2NO2S2. The SMILES string of the molecule is CN(c1cc(Cl)sc1Cl)S(=O)O. The van der Waals surface area contributed by atoms with Crippen LogP contribution in [0.2, 0.25) is 8.67 Å². The molecule has 1 atom stereocenters. The normalized spacial score (nSPS) is 13.0. The van der Waals surface area contributed by atoms with Crippen LogP contribution in [0.3, 0.4) is 0 Å². The zero-order chi connectivity index (χ0) is 9.30. The van der Waals surface area contributed by atoms with Crippen molar-refractivity contribution >= 4 is 51.5 Å². The number of anilines is 1. The Morgan fingerprint density at radius 1 is 1.67 bits per heavy atom. The molecule has 0 saturated heterocycles. The fourth-order valence-electron chi connectivity index (χ4n) is 0.630. The summed E-state index contributed by atoms with van der Waals surface area (Å²) in [7, 11) is 1.46. The predicted molar refractivity (Wildman–Crippen MR) is 53.5 cm³/mol. The second-order valence-electron chi connectivity index (χ2n) is 1.94. The Bertz CT molecular complexity index is 314. The Morgan fingerprint density at radius 3 is 2.58 bits per heavy atom. The van der Waals surface area contributed by atoms with Crippen molar-refractivity contribution in [3.8, 4) is 0 Å². The summed E-state index contributed by atoms with van der Waals surface area (Å²) in [5, 5.41) is 0. The van der Waals surface area contributed by atoms with E-state index in [0.29, 0.717) is 14.4 Å². The highest BCUT2D eigenvalue weighted by Crippen LogP contribution is 2.37. The molecule has 0 aliphatic carbocycles. The summed E-state index contributed by atoms with van der Waals surface area (Å²) in [4.78, 5) is 0. The average molecular weight is 246 g/mol. The molecule has 0 radical (unpaired) electrons. The average Bonchev–Trinajstić information content (AvgIpc) is 2.28. The number of thiophene rings is 1. The van der Waals surface area contributed by atoms with Crippen molar-refractivity contribution < 1.29 is 8.76 Å². The summed E-state index contributed by atoms with van der Waals surface area (Å²) in [6, 6.07) is 1.54. The van der Waals surface area contributed by atoms with Gasteiger partial charge in [-0.1, -0.05) is 23.2 Å². The van der Waals surface area contributed by atoms with Crippen molar-refractivity contribution in [2.45, 2.75) is 0 Å². The van der Waals surface area contributed by atoms with Gasteiger partial charge in [-0.25, -0.2) is 4.21 Å². The molecule has 0 fully saturated rings. The molecule has 0 amide bonds. The van der Waals surface area contributed by atoms with E-state index in [4.69, 9.17) is 27.8 Å². The predicted octanol–water partition coefficient (Wildman–Crippen LogP) is 2.63. The van der Waals surface area contributed by atoms with Crippen LogP contribution in [0.4, 0.5) is 5.69 Å². The van der Waals surface area contributed by atoms with Gasteiger partial charge in [0.2, 0.25) is 0 Å². The van der Waals surface area contributed by atoms with Gasteiger partial charge in [-0.2, -0.15) is 0 Å². The lowest BCUT2D eigenvalue weighted by Gasteiger charge is -2.11. The van der Waals surface area contributed by atoms with E-state index in [1.807, 2.05) is 0 Å². The Kier molecular flexibility index (Phi) is 3.37. The Hall–Kier alpha value is 0.190. The summed E-state index contributed by atoms with van der Waals surface area (Å²) in [6.45, 7) is 0. The number of rotatable bonds is 2.